The number of alkyl carbamates (subject to hydrolysis) is 1. The Morgan fingerprint density at radius 1 is 1.10 bits per heavy atom. The summed E-state index contributed by atoms with van der Waals surface area (Å²) < 4.78 is 9.37. The molecule has 9 nitrogen and oxygen atoms in total. The minimum atomic E-state index is -1.16. The van der Waals surface area contributed by atoms with Gasteiger partial charge in [0.25, 0.3) is 0 Å². The maximum Gasteiger partial charge on any atom is 0.408 e. The van der Waals surface area contributed by atoms with Gasteiger partial charge in [-0.25, -0.2) is 14.4 Å². The number of halogens is 1. The SMILES string of the molecule is CC(C)(C)OC(=O)NC(CC1CC1)C(=O)O.COC(=O)C(O)C(N)CC1CC1.Cl. The van der Waals surface area contributed by atoms with Crippen LogP contribution in [0.2, 0.25) is 0 Å². The summed E-state index contributed by atoms with van der Waals surface area (Å²) in [4.78, 5) is 33.1. The van der Waals surface area contributed by atoms with E-state index in [0.717, 1.165) is 19.3 Å². The molecule has 0 aromatic rings. The predicted octanol–water partition coefficient (Wildman–Crippen LogP) is 1.83. The number of methoxy groups -OCH3 is 1. The second kappa shape index (κ2) is 12.2. The van der Waals surface area contributed by atoms with Crippen molar-refractivity contribution in [2.24, 2.45) is 17.6 Å². The normalized spacial score (nSPS) is 18.7. The van der Waals surface area contributed by atoms with Gasteiger partial charge >= 0.3 is 18.0 Å². The standard InChI is InChI=1S/C11H19NO4.C8H15NO3.ClH/c1-11(2,3)16-10(15)12-8(9(13)14)6-7-4-5-7;1-12-8(11)7(10)6(9)4-5-2-3-5;/h7-8H,4-6H2,1-3H3,(H,12,15)(H,13,14);5-7,10H,2-4,9H2,1H3;1H. The van der Waals surface area contributed by atoms with Gasteiger partial charge in [0, 0.05) is 6.04 Å². The van der Waals surface area contributed by atoms with Crippen LogP contribution in [0.15, 0.2) is 0 Å². The van der Waals surface area contributed by atoms with Crippen molar-refractivity contribution in [2.45, 2.75) is 83.1 Å². The highest BCUT2D eigenvalue weighted by Crippen LogP contribution is 2.34. The van der Waals surface area contributed by atoms with E-state index in [9.17, 15) is 19.5 Å². The highest BCUT2D eigenvalue weighted by molar-refractivity contribution is 5.85. The van der Waals surface area contributed by atoms with E-state index >= 15 is 0 Å². The van der Waals surface area contributed by atoms with Crippen molar-refractivity contribution in [1.29, 1.82) is 0 Å². The van der Waals surface area contributed by atoms with E-state index in [1.165, 1.54) is 20.0 Å². The zero-order chi connectivity index (χ0) is 21.5. The third-order valence-corrected chi connectivity index (χ3v) is 4.41. The third kappa shape index (κ3) is 12.6. The van der Waals surface area contributed by atoms with Crippen LogP contribution in [0.5, 0.6) is 0 Å². The predicted molar refractivity (Wildman–Crippen MR) is 109 cm³/mol. The Labute approximate surface area is 178 Å². The van der Waals surface area contributed by atoms with E-state index in [2.05, 4.69) is 10.1 Å². The van der Waals surface area contributed by atoms with Gasteiger partial charge in [0.15, 0.2) is 6.10 Å². The fourth-order valence-electron chi connectivity index (χ4n) is 2.52. The van der Waals surface area contributed by atoms with Gasteiger partial charge in [-0.15, -0.1) is 12.4 Å². The monoisotopic (exact) mass is 438 g/mol. The number of carbonyl (C=O) groups excluding carboxylic acids is 2. The molecule has 10 heteroatoms. The Morgan fingerprint density at radius 3 is 1.97 bits per heavy atom. The number of aliphatic hydroxyl groups excluding tert-OH is 1. The van der Waals surface area contributed by atoms with Crippen LogP contribution in [0, 0.1) is 11.8 Å². The number of amides is 1. The average Bonchev–Trinajstić information content (AvgIpc) is 3.47. The number of hydrogen-bond acceptors (Lipinski definition) is 7. The van der Waals surface area contributed by atoms with Gasteiger partial charge in [0.1, 0.15) is 11.6 Å². The lowest BCUT2D eigenvalue weighted by Crippen LogP contribution is -2.43. The summed E-state index contributed by atoms with van der Waals surface area (Å²) in [6, 6.07) is -1.30. The van der Waals surface area contributed by atoms with Gasteiger partial charge in [-0.3, -0.25) is 0 Å². The van der Waals surface area contributed by atoms with Crippen molar-refractivity contribution < 1.29 is 34.1 Å². The number of carboxylic acids is 1. The summed E-state index contributed by atoms with van der Waals surface area (Å²) in [5.74, 6) is -0.587. The molecular weight excluding hydrogens is 404 g/mol. The van der Waals surface area contributed by atoms with Crippen molar-refractivity contribution >= 4 is 30.4 Å². The first-order chi connectivity index (χ1) is 12.9. The molecule has 2 aliphatic carbocycles. The van der Waals surface area contributed by atoms with Crippen LogP contribution in [0.1, 0.15) is 59.3 Å². The summed E-state index contributed by atoms with van der Waals surface area (Å²) in [7, 11) is 1.25. The molecular formula is C19H35ClN2O7. The fraction of sp³-hybridized carbons (Fsp3) is 0.842. The first-order valence-corrected chi connectivity index (χ1v) is 9.66. The van der Waals surface area contributed by atoms with E-state index in [4.69, 9.17) is 15.6 Å². The van der Waals surface area contributed by atoms with E-state index < -0.39 is 41.8 Å². The van der Waals surface area contributed by atoms with E-state index in [1.54, 1.807) is 20.8 Å². The largest absolute Gasteiger partial charge is 0.480 e. The van der Waals surface area contributed by atoms with E-state index in [1.807, 2.05) is 0 Å². The molecule has 29 heavy (non-hydrogen) atoms. The van der Waals surface area contributed by atoms with Gasteiger partial charge in [-0.1, -0.05) is 25.7 Å². The molecule has 0 aromatic carbocycles. The van der Waals surface area contributed by atoms with Crippen molar-refractivity contribution in [3.05, 3.63) is 0 Å². The highest BCUT2D eigenvalue weighted by Gasteiger charge is 2.32. The zero-order valence-corrected chi connectivity index (χ0v) is 18.4. The van der Waals surface area contributed by atoms with Gasteiger partial charge in [-0.05, 0) is 45.4 Å². The maximum absolute atomic E-state index is 11.4. The topological polar surface area (TPSA) is 148 Å². The molecule has 0 saturated heterocycles. The Kier molecular flexibility index (Phi) is 11.5. The number of carboxylic acid groups (broad SMARTS) is 1. The molecule has 3 unspecified atom stereocenters. The molecule has 5 N–H and O–H groups in total. The van der Waals surface area contributed by atoms with Gasteiger partial charge < -0.3 is 30.7 Å². The summed E-state index contributed by atoms with van der Waals surface area (Å²) in [5, 5.41) is 20.6. The molecule has 0 spiro atoms. The number of rotatable bonds is 8. The number of nitrogens with two attached hydrogens (primary N) is 1. The summed E-state index contributed by atoms with van der Waals surface area (Å²) >= 11 is 0. The summed E-state index contributed by atoms with van der Waals surface area (Å²) in [6.45, 7) is 5.22. The third-order valence-electron chi connectivity index (χ3n) is 4.41. The molecule has 0 aliphatic heterocycles. The number of esters is 1. The lowest BCUT2D eigenvalue weighted by molar-refractivity contribution is -0.151. The summed E-state index contributed by atoms with van der Waals surface area (Å²) in [6.07, 6.45) is 3.84. The fourth-order valence-corrected chi connectivity index (χ4v) is 2.52. The smallest absolute Gasteiger partial charge is 0.408 e. The van der Waals surface area contributed by atoms with Gasteiger partial charge in [0.05, 0.1) is 7.11 Å². The van der Waals surface area contributed by atoms with Crippen molar-refractivity contribution in [3.63, 3.8) is 0 Å². The summed E-state index contributed by atoms with van der Waals surface area (Å²) in [5.41, 5.74) is 4.98. The average molecular weight is 439 g/mol. The molecule has 2 saturated carbocycles. The van der Waals surface area contributed by atoms with Gasteiger partial charge in [0.2, 0.25) is 0 Å². The molecule has 0 bridgehead atoms. The van der Waals surface area contributed by atoms with E-state index in [-0.39, 0.29) is 12.4 Å². The number of aliphatic hydroxyl groups is 1. The first-order valence-electron chi connectivity index (χ1n) is 9.66. The van der Waals surface area contributed by atoms with Gasteiger partial charge in [-0.2, -0.15) is 0 Å². The van der Waals surface area contributed by atoms with Crippen LogP contribution in [-0.2, 0) is 19.1 Å². The van der Waals surface area contributed by atoms with Crippen molar-refractivity contribution in [1.82, 2.24) is 5.32 Å². The minimum Gasteiger partial charge on any atom is -0.480 e. The quantitative estimate of drug-likeness (QED) is 0.419. The zero-order valence-electron chi connectivity index (χ0n) is 17.6. The molecule has 0 heterocycles. The Morgan fingerprint density at radius 2 is 1.59 bits per heavy atom. The number of hydrogen-bond donors (Lipinski definition) is 4. The Bertz CT molecular complexity index is 545. The number of ether oxygens (including phenoxy) is 2. The maximum atomic E-state index is 11.4. The molecule has 170 valence electrons. The second-order valence-corrected chi connectivity index (χ2v) is 8.53. The number of nitrogens with one attached hydrogen (secondary N) is 1. The molecule has 2 rings (SSSR count). The van der Waals surface area contributed by atoms with Crippen molar-refractivity contribution in [3.8, 4) is 0 Å². The number of aliphatic carboxylic acids is 1. The highest BCUT2D eigenvalue weighted by atomic mass is 35.5. The van der Waals surface area contributed by atoms with Crippen LogP contribution >= 0.6 is 12.4 Å². The molecule has 0 aromatic heterocycles. The van der Waals surface area contributed by atoms with Crippen LogP contribution in [0.4, 0.5) is 4.79 Å². The second-order valence-electron chi connectivity index (χ2n) is 8.53. The molecule has 0 radical (unpaired) electrons. The van der Waals surface area contributed by atoms with Crippen LogP contribution in [-0.4, -0.2) is 59.1 Å². The van der Waals surface area contributed by atoms with Crippen LogP contribution in [0.25, 0.3) is 0 Å². The lowest BCUT2D eigenvalue weighted by Gasteiger charge is -2.21. The van der Waals surface area contributed by atoms with E-state index in [0.29, 0.717) is 18.3 Å². The Hall–Kier alpha value is -1.58. The molecule has 1 amide bonds. The first kappa shape index (κ1) is 27.4. The Balaban J connectivity index is 0.000000542. The molecule has 2 aliphatic rings. The van der Waals surface area contributed by atoms with Crippen LogP contribution < -0.4 is 11.1 Å². The lowest BCUT2D eigenvalue weighted by atomic mass is 10.1. The minimum absolute atomic E-state index is 0. The van der Waals surface area contributed by atoms with Crippen LogP contribution in [0.3, 0.4) is 0 Å². The molecule has 2 fully saturated rings. The number of carbonyl (C=O) groups is 3. The molecule has 3 atom stereocenters. The van der Waals surface area contributed by atoms with Crippen molar-refractivity contribution in [2.75, 3.05) is 7.11 Å².